The van der Waals surface area contributed by atoms with Crippen LogP contribution in [0, 0.1) is 11.8 Å². The van der Waals surface area contributed by atoms with Gasteiger partial charge in [-0.3, -0.25) is 4.99 Å². The molecular weight excluding hydrogens is 228 g/mol. The highest BCUT2D eigenvalue weighted by Gasteiger charge is 2.28. The van der Waals surface area contributed by atoms with E-state index in [4.69, 9.17) is 4.99 Å². The first-order valence-electron chi connectivity index (χ1n) is 7.07. The minimum absolute atomic E-state index is 0.285. The fourth-order valence-corrected chi connectivity index (χ4v) is 4.01. The third kappa shape index (κ3) is 3.64. The van der Waals surface area contributed by atoms with Crippen molar-refractivity contribution in [3.05, 3.63) is 0 Å². The topological polar surface area (TPSA) is 24.4 Å². The molecule has 1 saturated carbocycles. The number of aliphatic imine (C=N–C) groups is 1. The summed E-state index contributed by atoms with van der Waals surface area (Å²) in [6, 6.07) is 0. The lowest BCUT2D eigenvalue weighted by molar-refractivity contribution is 0.389. The molecule has 0 bridgehead atoms. The zero-order valence-corrected chi connectivity index (χ0v) is 12.3. The molecule has 0 spiro atoms. The van der Waals surface area contributed by atoms with Gasteiger partial charge in [-0.25, -0.2) is 0 Å². The van der Waals surface area contributed by atoms with Crippen molar-refractivity contribution in [1.29, 1.82) is 0 Å². The lowest BCUT2D eigenvalue weighted by Crippen LogP contribution is -2.48. The van der Waals surface area contributed by atoms with Crippen molar-refractivity contribution in [2.75, 3.05) is 12.3 Å². The number of nitrogens with zero attached hydrogens (tertiary/aromatic N) is 1. The first kappa shape index (κ1) is 13.3. The second-order valence-electron chi connectivity index (χ2n) is 6.07. The van der Waals surface area contributed by atoms with E-state index in [2.05, 4.69) is 26.1 Å². The van der Waals surface area contributed by atoms with E-state index in [9.17, 15) is 0 Å². The molecule has 1 aliphatic carbocycles. The highest BCUT2D eigenvalue weighted by Crippen LogP contribution is 2.31. The fourth-order valence-electron chi connectivity index (χ4n) is 2.78. The van der Waals surface area contributed by atoms with E-state index in [-0.39, 0.29) is 5.54 Å². The van der Waals surface area contributed by atoms with E-state index in [1.807, 2.05) is 11.8 Å². The zero-order valence-electron chi connectivity index (χ0n) is 11.5. The average Bonchev–Trinajstić information content (AvgIpc) is 2.73. The maximum atomic E-state index is 4.81. The molecule has 0 aromatic carbocycles. The predicted molar refractivity (Wildman–Crippen MR) is 77.7 cm³/mol. The number of rotatable bonds is 3. The summed E-state index contributed by atoms with van der Waals surface area (Å²) in [7, 11) is 0. The molecule has 0 aromatic heterocycles. The van der Waals surface area contributed by atoms with E-state index in [1.54, 1.807) is 0 Å². The normalized spacial score (nSPS) is 40.5. The highest BCUT2D eigenvalue weighted by atomic mass is 32.2. The van der Waals surface area contributed by atoms with E-state index in [0.717, 1.165) is 18.4 Å². The Bertz CT molecular complexity index is 290. The van der Waals surface area contributed by atoms with Gasteiger partial charge in [-0.05, 0) is 44.4 Å². The summed E-state index contributed by atoms with van der Waals surface area (Å²) in [5.74, 6) is 2.99. The Kier molecular flexibility index (Phi) is 4.40. The third-order valence-corrected chi connectivity index (χ3v) is 5.29. The monoisotopic (exact) mass is 254 g/mol. The van der Waals surface area contributed by atoms with Crippen LogP contribution in [0.3, 0.4) is 0 Å². The van der Waals surface area contributed by atoms with Gasteiger partial charge in [0.05, 0.1) is 0 Å². The Morgan fingerprint density at radius 1 is 1.47 bits per heavy atom. The number of hydrogen-bond acceptors (Lipinski definition) is 2. The first-order valence-corrected chi connectivity index (χ1v) is 8.05. The summed E-state index contributed by atoms with van der Waals surface area (Å²) in [6.45, 7) is 7.99. The Hall–Kier alpha value is -0.180. The van der Waals surface area contributed by atoms with Gasteiger partial charge in [-0.1, -0.05) is 32.0 Å². The van der Waals surface area contributed by atoms with Crippen molar-refractivity contribution in [3.63, 3.8) is 0 Å². The molecule has 3 heteroatoms. The van der Waals surface area contributed by atoms with Crippen LogP contribution in [0.15, 0.2) is 4.99 Å². The molecule has 3 unspecified atom stereocenters. The van der Waals surface area contributed by atoms with Crippen LogP contribution < -0.4 is 5.32 Å². The fraction of sp³-hybridized carbons (Fsp3) is 0.929. The van der Waals surface area contributed by atoms with E-state index in [0.29, 0.717) is 0 Å². The number of amidine groups is 1. The molecule has 0 radical (unpaired) electrons. The highest BCUT2D eigenvalue weighted by molar-refractivity contribution is 8.13. The van der Waals surface area contributed by atoms with Crippen LogP contribution in [0.25, 0.3) is 0 Å². The Morgan fingerprint density at radius 2 is 2.29 bits per heavy atom. The van der Waals surface area contributed by atoms with Crippen LogP contribution >= 0.6 is 11.8 Å². The maximum Gasteiger partial charge on any atom is 0.156 e. The Morgan fingerprint density at radius 3 is 2.94 bits per heavy atom. The first-order chi connectivity index (χ1) is 8.11. The summed E-state index contributed by atoms with van der Waals surface area (Å²) in [5.41, 5.74) is 0.285. The van der Waals surface area contributed by atoms with Gasteiger partial charge in [0, 0.05) is 17.8 Å². The lowest BCUT2D eigenvalue weighted by atomic mass is 9.96. The smallest absolute Gasteiger partial charge is 0.156 e. The molecular formula is C14H26N2S. The molecule has 1 saturated heterocycles. The van der Waals surface area contributed by atoms with Gasteiger partial charge < -0.3 is 5.32 Å². The largest absolute Gasteiger partial charge is 0.360 e. The Balaban J connectivity index is 1.84. The van der Waals surface area contributed by atoms with Gasteiger partial charge in [0.2, 0.25) is 0 Å². The molecule has 2 fully saturated rings. The van der Waals surface area contributed by atoms with Crippen LogP contribution in [-0.4, -0.2) is 23.0 Å². The molecule has 3 atom stereocenters. The van der Waals surface area contributed by atoms with Crippen LogP contribution in [0.4, 0.5) is 0 Å². The predicted octanol–water partition coefficient (Wildman–Crippen LogP) is 3.67. The molecule has 1 aliphatic heterocycles. The number of hydrogen-bond donors (Lipinski definition) is 1. The van der Waals surface area contributed by atoms with Gasteiger partial charge in [0.1, 0.15) is 0 Å². The molecule has 0 aromatic rings. The second kappa shape index (κ2) is 5.64. The van der Waals surface area contributed by atoms with Gasteiger partial charge in [0.25, 0.3) is 0 Å². The van der Waals surface area contributed by atoms with Crippen molar-refractivity contribution >= 4 is 16.9 Å². The lowest BCUT2D eigenvalue weighted by Gasteiger charge is -2.35. The Labute approximate surface area is 110 Å². The molecule has 17 heavy (non-hydrogen) atoms. The van der Waals surface area contributed by atoms with E-state index < -0.39 is 0 Å². The van der Waals surface area contributed by atoms with Crippen LogP contribution in [0.2, 0.25) is 0 Å². The average molecular weight is 254 g/mol. The summed E-state index contributed by atoms with van der Waals surface area (Å²) >= 11 is 1.90. The minimum Gasteiger partial charge on any atom is -0.360 e. The summed E-state index contributed by atoms with van der Waals surface area (Å²) in [5, 5.41) is 4.82. The van der Waals surface area contributed by atoms with Gasteiger partial charge in [0.15, 0.2) is 5.17 Å². The van der Waals surface area contributed by atoms with Crippen molar-refractivity contribution in [2.45, 2.75) is 58.4 Å². The molecule has 98 valence electrons. The van der Waals surface area contributed by atoms with Crippen LogP contribution in [0.5, 0.6) is 0 Å². The van der Waals surface area contributed by atoms with Gasteiger partial charge in [-0.2, -0.15) is 0 Å². The summed E-state index contributed by atoms with van der Waals surface area (Å²) in [6.07, 6.45) is 6.61. The zero-order chi connectivity index (χ0) is 12.3. The number of thioether (sulfide) groups is 1. The van der Waals surface area contributed by atoms with Gasteiger partial charge >= 0.3 is 0 Å². The summed E-state index contributed by atoms with van der Waals surface area (Å²) in [4.78, 5) is 4.81. The van der Waals surface area contributed by atoms with Gasteiger partial charge in [-0.15, -0.1) is 0 Å². The molecule has 1 N–H and O–H groups in total. The minimum atomic E-state index is 0.285. The van der Waals surface area contributed by atoms with Crippen LogP contribution in [0.1, 0.15) is 52.9 Å². The number of nitrogens with one attached hydrogen (secondary N) is 1. The quantitative estimate of drug-likeness (QED) is 0.831. The molecule has 2 rings (SSSR count). The third-order valence-electron chi connectivity index (χ3n) is 4.38. The van der Waals surface area contributed by atoms with Crippen molar-refractivity contribution < 1.29 is 0 Å². The molecule has 0 amide bonds. The van der Waals surface area contributed by atoms with E-state index in [1.165, 1.54) is 43.0 Å². The standard InChI is InChI=1S/C14H26N2S/c1-4-14(3)7-8-17-13(16-14)15-10-12-6-5-11(2)9-12/h11-12H,4-10H2,1-3H3,(H,15,16). The van der Waals surface area contributed by atoms with Crippen molar-refractivity contribution in [2.24, 2.45) is 16.8 Å². The molecule has 1 heterocycles. The maximum absolute atomic E-state index is 4.81. The second-order valence-corrected chi connectivity index (χ2v) is 7.15. The van der Waals surface area contributed by atoms with Crippen LogP contribution in [-0.2, 0) is 0 Å². The SMILES string of the molecule is CCC1(C)CCSC(=NCC2CCC(C)C2)N1. The molecule has 2 aliphatic rings. The van der Waals surface area contributed by atoms with E-state index >= 15 is 0 Å². The molecule has 2 nitrogen and oxygen atoms in total. The van der Waals surface area contributed by atoms with Crippen molar-refractivity contribution in [1.82, 2.24) is 5.32 Å². The van der Waals surface area contributed by atoms with Crippen molar-refractivity contribution in [3.8, 4) is 0 Å². The summed E-state index contributed by atoms with van der Waals surface area (Å²) < 4.78 is 0.